The molecule has 0 spiro atoms. The van der Waals surface area contributed by atoms with Gasteiger partial charge in [-0.15, -0.1) is 0 Å². The highest BCUT2D eigenvalue weighted by Crippen LogP contribution is 2.43. The lowest BCUT2D eigenvalue weighted by Crippen LogP contribution is -2.04. The predicted molar refractivity (Wildman–Crippen MR) is 132 cm³/mol. The number of aliphatic hydroxyl groups is 1. The molecule has 1 atom stereocenters. The van der Waals surface area contributed by atoms with Gasteiger partial charge in [0.25, 0.3) is 0 Å². The SMILES string of the molecule is CC[C@H](O)c1c(-c2ccccc2C)cc(-c2ccccc2C)cc1-c1ccccc1C. The number of hydrogen-bond donors (Lipinski definition) is 1. The van der Waals surface area contributed by atoms with Gasteiger partial charge in [-0.05, 0) is 95.0 Å². The van der Waals surface area contributed by atoms with Crippen LogP contribution in [-0.2, 0) is 0 Å². The third kappa shape index (κ3) is 4.06. The van der Waals surface area contributed by atoms with Crippen LogP contribution in [0.25, 0.3) is 33.4 Å². The van der Waals surface area contributed by atoms with Crippen molar-refractivity contribution in [1.82, 2.24) is 0 Å². The quantitative estimate of drug-likeness (QED) is 0.355. The van der Waals surface area contributed by atoms with Crippen LogP contribution in [0, 0.1) is 20.8 Å². The first-order valence-corrected chi connectivity index (χ1v) is 11.0. The Labute approximate surface area is 186 Å². The van der Waals surface area contributed by atoms with Crippen molar-refractivity contribution in [3.63, 3.8) is 0 Å². The zero-order chi connectivity index (χ0) is 22.0. The molecule has 0 heterocycles. The van der Waals surface area contributed by atoms with E-state index >= 15 is 0 Å². The third-order valence-corrected chi connectivity index (χ3v) is 6.23. The van der Waals surface area contributed by atoms with Crippen molar-refractivity contribution in [3.8, 4) is 33.4 Å². The van der Waals surface area contributed by atoms with Crippen LogP contribution in [0.1, 0.15) is 41.7 Å². The van der Waals surface area contributed by atoms with E-state index in [2.05, 4.69) is 106 Å². The van der Waals surface area contributed by atoms with E-state index in [9.17, 15) is 5.11 Å². The molecule has 0 aromatic heterocycles. The molecule has 0 bridgehead atoms. The molecule has 0 aliphatic carbocycles. The first kappa shape index (κ1) is 21.1. The van der Waals surface area contributed by atoms with E-state index in [-0.39, 0.29) is 0 Å². The summed E-state index contributed by atoms with van der Waals surface area (Å²) in [5, 5.41) is 11.2. The van der Waals surface area contributed by atoms with Gasteiger partial charge in [-0.25, -0.2) is 0 Å². The highest BCUT2D eigenvalue weighted by atomic mass is 16.3. The minimum atomic E-state index is -0.532. The molecule has 4 rings (SSSR count). The van der Waals surface area contributed by atoms with E-state index in [1.54, 1.807) is 0 Å². The maximum Gasteiger partial charge on any atom is 0.0799 e. The molecule has 156 valence electrons. The van der Waals surface area contributed by atoms with Crippen LogP contribution in [0.2, 0.25) is 0 Å². The fourth-order valence-corrected chi connectivity index (χ4v) is 4.46. The van der Waals surface area contributed by atoms with Crippen LogP contribution < -0.4 is 0 Å². The van der Waals surface area contributed by atoms with E-state index in [0.29, 0.717) is 6.42 Å². The summed E-state index contributed by atoms with van der Waals surface area (Å²) in [7, 11) is 0. The Morgan fingerprint density at radius 2 is 0.968 bits per heavy atom. The molecule has 0 aliphatic rings. The molecular weight excluding hydrogens is 376 g/mol. The van der Waals surface area contributed by atoms with Crippen LogP contribution in [0.15, 0.2) is 84.9 Å². The topological polar surface area (TPSA) is 20.2 Å². The second kappa shape index (κ2) is 8.91. The highest BCUT2D eigenvalue weighted by Gasteiger charge is 2.22. The average Bonchev–Trinajstić information content (AvgIpc) is 2.79. The van der Waals surface area contributed by atoms with Crippen molar-refractivity contribution in [2.24, 2.45) is 0 Å². The van der Waals surface area contributed by atoms with E-state index < -0.39 is 6.10 Å². The monoisotopic (exact) mass is 406 g/mol. The van der Waals surface area contributed by atoms with Crippen LogP contribution in [0.3, 0.4) is 0 Å². The maximum absolute atomic E-state index is 11.2. The number of aliphatic hydroxyl groups excluding tert-OH is 1. The normalized spacial score (nSPS) is 12.0. The molecule has 1 nitrogen and oxygen atoms in total. The first-order valence-electron chi connectivity index (χ1n) is 11.0. The van der Waals surface area contributed by atoms with Crippen LogP contribution >= 0.6 is 0 Å². The molecule has 0 fully saturated rings. The Morgan fingerprint density at radius 1 is 0.581 bits per heavy atom. The average molecular weight is 407 g/mol. The summed E-state index contributed by atoms with van der Waals surface area (Å²) >= 11 is 0. The molecule has 1 N–H and O–H groups in total. The van der Waals surface area contributed by atoms with Gasteiger partial charge in [-0.3, -0.25) is 0 Å². The number of hydrogen-bond acceptors (Lipinski definition) is 1. The van der Waals surface area contributed by atoms with Crippen LogP contribution in [0.5, 0.6) is 0 Å². The van der Waals surface area contributed by atoms with Gasteiger partial charge in [0, 0.05) is 0 Å². The van der Waals surface area contributed by atoms with Crippen molar-refractivity contribution >= 4 is 0 Å². The molecule has 0 saturated carbocycles. The molecule has 31 heavy (non-hydrogen) atoms. The van der Waals surface area contributed by atoms with Gasteiger partial charge in [0.1, 0.15) is 0 Å². The van der Waals surface area contributed by atoms with Gasteiger partial charge in [-0.2, -0.15) is 0 Å². The second-order valence-electron chi connectivity index (χ2n) is 8.35. The third-order valence-electron chi connectivity index (χ3n) is 6.23. The van der Waals surface area contributed by atoms with Crippen molar-refractivity contribution in [1.29, 1.82) is 0 Å². The van der Waals surface area contributed by atoms with Gasteiger partial charge in [0.05, 0.1) is 6.10 Å². The zero-order valence-corrected chi connectivity index (χ0v) is 18.8. The first-order chi connectivity index (χ1) is 15.0. The Kier molecular flexibility index (Phi) is 6.06. The van der Waals surface area contributed by atoms with Crippen molar-refractivity contribution in [3.05, 3.63) is 107 Å². The summed E-state index contributed by atoms with van der Waals surface area (Å²) in [5.41, 5.74) is 11.7. The van der Waals surface area contributed by atoms with E-state index in [0.717, 1.165) is 16.7 Å². The summed E-state index contributed by atoms with van der Waals surface area (Å²) in [6.45, 7) is 8.49. The molecule has 0 radical (unpaired) electrons. The number of benzene rings is 4. The minimum Gasteiger partial charge on any atom is -0.388 e. The van der Waals surface area contributed by atoms with Crippen LogP contribution in [0.4, 0.5) is 0 Å². The molecule has 0 unspecified atom stereocenters. The molecule has 0 amide bonds. The standard InChI is InChI=1S/C30H30O/c1-5-29(31)30-27(25-16-10-7-13-21(25)3)18-23(24-15-9-6-12-20(24)2)19-28(30)26-17-11-8-14-22(26)4/h6-19,29,31H,5H2,1-4H3/t29-/m0/s1. The molecule has 4 aromatic carbocycles. The predicted octanol–water partition coefficient (Wildman–Crippen LogP) is 8.06. The summed E-state index contributed by atoms with van der Waals surface area (Å²) in [4.78, 5) is 0. The van der Waals surface area contributed by atoms with E-state index in [1.807, 2.05) is 6.92 Å². The van der Waals surface area contributed by atoms with Crippen molar-refractivity contribution in [2.45, 2.75) is 40.2 Å². The second-order valence-corrected chi connectivity index (χ2v) is 8.35. The van der Waals surface area contributed by atoms with Gasteiger partial charge in [-0.1, -0.05) is 79.7 Å². The summed E-state index contributed by atoms with van der Waals surface area (Å²) in [6, 6.07) is 30.0. The van der Waals surface area contributed by atoms with Gasteiger partial charge >= 0.3 is 0 Å². The van der Waals surface area contributed by atoms with E-state index in [4.69, 9.17) is 0 Å². The molecular formula is C30H30O. The van der Waals surface area contributed by atoms with Gasteiger partial charge in [0.15, 0.2) is 0 Å². The Balaban J connectivity index is 2.13. The highest BCUT2D eigenvalue weighted by molar-refractivity contribution is 5.87. The lowest BCUT2D eigenvalue weighted by Gasteiger charge is -2.23. The minimum absolute atomic E-state index is 0.532. The Morgan fingerprint density at radius 3 is 1.35 bits per heavy atom. The summed E-state index contributed by atoms with van der Waals surface area (Å²) in [5.74, 6) is 0. The smallest absolute Gasteiger partial charge is 0.0799 e. The maximum atomic E-state index is 11.2. The number of aryl methyl sites for hydroxylation is 3. The summed E-state index contributed by atoms with van der Waals surface area (Å²) in [6.07, 6.45) is 0.136. The fourth-order valence-electron chi connectivity index (χ4n) is 4.46. The lowest BCUT2D eigenvalue weighted by atomic mass is 9.82. The summed E-state index contributed by atoms with van der Waals surface area (Å²) < 4.78 is 0. The van der Waals surface area contributed by atoms with E-state index in [1.165, 1.54) is 38.9 Å². The molecule has 4 aromatic rings. The van der Waals surface area contributed by atoms with Gasteiger partial charge in [0.2, 0.25) is 0 Å². The molecule has 1 heteroatoms. The number of rotatable bonds is 5. The lowest BCUT2D eigenvalue weighted by molar-refractivity contribution is 0.175. The van der Waals surface area contributed by atoms with Crippen LogP contribution in [-0.4, -0.2) is 5.11 Å². The van der Waals surface area contributed by atoms with Crippen molar-refractivity contribution in [2.75, 3.05) is 0 Å². The fraction of sp³-hybridized carbons (Fsp3) is 0.200. The van der Waals surface area contributed by atoms with Crippen molar-refractivity contribution < 1.29 is 5.11 Å². The largest absolute Gasteiger partial charge is 0.388 e. The molecule has 0 aliphatic heterocycles. The zero-order valence-electron chi connectivity index (χ0n) is 18.8. The Bertz CT molecular complexity index is 1150. The molecule has 0 saturated heterocycles. The van der Waals surface area contributed by atoms with Gasteiger partial charge < -0.3 is 5.11 Å². The Hall–Kier alpha value is -3.16.